The van der Waals surface area contributed by atoms with Crippen LogP contribution in [0.5, 0.6) is 11.5 Å². The number of fused-ring (bicyclic) bond motifs is 2. The fourth-order valence-corrected chi connectivity index (χ4v) is 4.81. The summed E-state index contributed by atoms with van der Waals surface area (Å²) in [6, 6.07) is 19.7. The maximum atomic E-state index is 13.6. The lowest BCUT2D eigenvalue weighted by molar-refractivity contribution is 0.103. The Morgan fingerprint density at radius 1 is 0.829 bits per heavy atom. The van der Waals surface area contributed by atoms with Crippen molar-refractivity contribution in [3.8, 4) is 11.5 Å². The van der Waals surface area contributed by atoms with Crippen molar-refractivity contribution in [1.29, 1.82) is 0 Å². The second-order valence-corrected chi connectivity index (χ2v) is 8.68. The fraction of sp³-hybridized carbons (Fsp3) is 0.214. The van der Waals surface area contributed by atoms with E-state index < -0.39 is 0 Å². The number of piperazine rings is 1. The molecule has 176 valence electrons. The fourth-order valence-electron chi connectivity index (χ4n) is 4.81. The minimum Gasteiger partial charge on any atom is -0.486 e. The van der Waals surface area contributed by atoms with Crippen LogP contribution in [0.4, 0.5) is 15.8 Å². The smallest absolute Gasteiger partial charge is 0.196 e. The molecule has 4 aromatic rings. The van der Waals surface area contributed by atoms with Crippen molar-refractivity contribution in [2.45, 2.75) is 0 Å². The van der Waals surface area contributed by atoms with Crippen molar-refractivity contribution >= 4 is 28.1 Å². The number of ether oxygens (including phenoxy) is 2. The van der Waals surface area contributed by atoms with Crippen LogP contribution in [0.1, 0.15) is 15.9 Å². The number of rotatable bonds is 4. The molecule has 0 saturated carbocycles. The zero-order valence-electron chi connectivity index (χ0n) is 19.1. The first-order chi connectivity index (χ1) is 17.2. The molecule has 0 N–H and O–H groups in total. The van der Waals surface area contributed by atoms with E-state index in [1.807, 2.05) is 42.5 Å². The highest BCUT2D eigenvalue weighted by molar-refractivity contribution is 6.16. The lowest BCUT2D eigenvalue weighted by Crippen LogP contribution is -2.47. The van der Waals surface area contributed by atoms with Gasteiger partial charge in [-0.05, 0) is 30.3 Å². The summed E-state index contributed by atoms with van der Waals surface area (Å²) < 4.78 is 25.0. The molecule has 6 nitrogen and oxygen atoms in total. The zero-order chi connectivity index (χ0) is 23.8. The third-order valence-electron chi connectivity index (χ3n) is 6.57. The summed E-state index contributed by atoms with van der Waals surface area (Å²) in [5.41, 5.74) is 3.80. The van der Waals surface area contributed by atoms with Crippen LogP contribution in [0.2, 0.25) is 0 Å². The number of ketones is 1. The molecule has 1 saturated heterocycles. The lowest BCUT2D eigenvalue weighted by atomic mass is 9.99. The largest absolute Gasteiger partial charge is 0.486 e. The normalized spacial score (nSPS) is 15.3. The number of nitrogens with zero attached hydrogens (tertiary/aromatic N) is 3. The van der Waals surface area contributed by atoms with Crippen LogP contribution < -0.4 is 19.3 Å². The van der Waals surface area contributed by atoms with Gasteiger partial charge in [-0.3, -0.25) is 9.78 Å². The number of carbonyl (C=O) groups excluding carboxylic acids is 1. The number of hydrogen-bond acceptors (Lipinski definition) is 6. The standard InChI is InChI=1S/C28H24FN3O3/c29-20-6-8-21(9-7-20)31-10-12-32(13-11-31)27-22-16-25-26(35-15-14-34-25)17-24(22)30-18-23(27)28(33)19-4-2-1-3-5-19/h1-9,16-18H,10-15H2. The van der Waals surface area contributed by atoms with E-state index in [-0.39, 0.29) is 11.6 Å². The number of pyridine rings is 1. The predicted molar refractivity (Wildman–Crippen MR) is 133 cm³/mol. The van der Waals surface area contributed by atoms with E-state index in [9.17, 15) is 9.18 Å². The highest BCUT2D eigenvalue weighted by Crippen LogP contribution is 2.40. The molecule has 2 aliphatic rings. The third-order valence-corrected chi connectivity index (χ3v) is 6.57. The molecular weight excluding hydrogens is 445 g/mol. The number of benzene rings is 3. The summed E-state index contributed by atoms with van der Waals surface area (Å²) in [7, 11) is 0. The average Bonchev–Trinajstić information content (AvgIpc) is 2.92. The molecule has 0 aliphatic carbocycles. The molecule has 2 aliphatic heterocycles. The molecule has 0 amide bonds. The first-order valence-electron chi connectivity index (χ1n) is 11.7. The van der Waals surface area contributed by atoms with Crippen molar-refractivity contribution in [1.82, 2.24) is 4.98 Å². The summed E-state index contributed by atoms with van der Waals surface area (Å²) in [5.74, 6) is 1.03. The van der Waals surface area contributed by atoms with Gasteiger partial charge in [0.15, 0.2) is 17.3 Å². The van der Waals surface area contributed by atoms with Crippen LogP contribution in [0.15, 0.2) is 72.9 Å². The van der Waals surface area contributed by atoms with E-state index >= 15 is 0 Å². The first-order valence-corrected chi connectivity index (χ1v) is 11.7. The summed E-state index contributed by atoms with van der Waals surface area (Å²) in [4.78, 5) is 22.7. The molecule has 3 aromatic carbocycles. The van der Waals surface area contributed by atoms with Gasteiger partial charge in [-0.25, -0.2) is 4.39 Å². The topological polar surface area (TPSA) is 54.9 Å². The van der Waals surface area contributed by atoms with Crippen LogP contribution in [0, 0.1) is 5.82 Å². The number of carbonyl (C=O) groups is 1. The van der Waals surface area contributed by atoms with Crippen LogP contribution in [0.3, 0.4) is 0 Å². The van der Waals surface area contributed by atoms with Gasteiger partial charge in [-0.15, -0.1) is 0 Å². The summed E-state index contributed by atoms with van der Waals surface area (Å²) in [5, 5.41) is 0.867. The highest BCUT2D eigenvalue weighted by Gasteiger charge is 2.26. The lowest BCUT2D eigenvalue weighted by Gasteiger charge is -2.38. The molecule has 0 spiro atoms. The van der Waals surface area contributed by atoms with Crippen LogP contribution in [0.25, 0.3) is 10.9 Å². The molecule has 0 unspecified atom stereocenters. The van der Waals surface area contributed by atoms with E-state index in [4.69, 9.17) is 9.47 Å². The van der Waals surface area contributed by atoms with E-state index in [1.165, 1.54) is 12.1 Å². The molecule has 1 aromatic heterocycles. The van der Waals surface area contributed by atoms with Gasteiger partial charge in [-0.1, -0.05) is 30.3 Å². The maximum absolute atomic E-state index is 13.6. The van der Waals surface area contributed by atoms with Gasteiger partial charge in [0.1, 0.15) is 19.0 Å². The molecule has 0 atom stereocenters. The average molecular weight is 470 g/mol. The van der Waals surface area contributed by atoms with Gasteiger partial charge in [0.25, 0.3) is 0 Å². The number of halogens is 1. The minimum absolute atomic E-state index is 0.0640. The van der Waals surface area contributed by atoms with Crippen molar-refractivity contribution in [3.63, 3.8) is 0 Å². The Kier molecular flexibility index (Phi) is 5.45. The highest BCUT2D eigenvalue weighted by atomic mass is 19.1. The van der Waals surface area contributed by atoms with Crippen LogP contribution >= 0.6 is 0 Å². The summed E-state index contributed by atoms with van der Waals surface area (Å²) in [6.45, 7) is 3.90. The van der Waals surface area contributed by atoms with Crippen molar-refractivity contribution in [2.24, 2.45) is 0 Å². The SMILES string of the molecule is O=C(c1ccccc1)c1cnc2cc3c(cc2c1N1CCN(c2ccc(F)cc2)CC1)OCCO3. The van der Waals surface area contributed by atoms with Crippen LogP contribution in [-0.4, -0.2) is 50.2 Å². The first kappa shape index (κ1) is 21.4. The molecular formula is C28H24FN3O3. The van der Waals surface area contributed by atoms with Gasteiger partial charge in [0.2, 0.25) is 0 Å². The van der Waals surface area contributed by atoms with E-state index in [1.54, 1.807) is 18.3 Å². The van der Waals surface area contributed by atoms with Crippen molar-refractivity contribution in [3.05, 3.63) is 89.9 Å². The minimum atomic E-state index is -0.241. The molecule has 35 heavy (non-hydrogen) atoms. The Balaban J connectivity index is 1.41. The molecule has 1 fully saturated rings. The van der Waals surface area contributed by atoms with E-state index in [0.717, 1.165) is 35.4 Å². The molecule has 3 heterocycles. The monoisotopic (exact) mass is 469 g/mol. The molecule has 0 bridgehead atoms. The Bertz CT molecular complexity index is 1380. The Hall–Kier alpha value is -4.13. The molecule has 7 heteroatoms. The van der Waals surface area contributed by atoms with Gasteiger partial charge in [-0.2, -0.15) is 0 Å². The Morgan fingerprint density at radius 2 is 1.49 bits per heavy atom. The van der Waals surface area contributed by atoms with Gasteiger partial charge < -0.3 is 19.3 Å². The summed E-state index contributed by atoms with van der Waals surface area (Å²) >= 11 is 0. The molecule has 0 radical (unpaired) electrons. The number of aromatic nitrogens is 1. The van der Waals surface area contributed by atoms with Crippen molar-refractivity contribution in [2.75, 3.05) is 49.2 Å². The number of anilines is 2. The van der Waals surface area contributed by atoms with Gasteiger partial charge in [0, 0.05) is 55.1 Å². The van der Waals surface area contributed by atoms with E-state index in [0.29, 0.717) is 48.9 Å². The molecule has 6 rings (SSSR count). The summed E-state index contributed by atoms with van der Waals surface area (Å²) in [6.07, 6.45) is 1.68. The third kappa shape index (κ3) is 4.03. The number of hydrogen-bond donors (Lipinski definition) is 0. The van der Waals surface area contributed by atoms with Crippen molar-refractivity contribution < 1.29 is 18.7 Å². The van der Waals surface area contributed by atoms with Gasteiger partial charge >= 0.3 is 0 Å². The Morgan fingerprint density at radius 3 is 2.20 bits per heavy atom. The maximum Gasteiger partial charge on any atom is 0.196 e. The second kappa shape index (κ2) is 8.91. The quantitative estimate of drug-likeness (QED) is 0.404. The van der Waals surface area contributed by atoms with Crippen LogP contribution in [-0.2, 0) is 0 Å². The zero-order valence-corrected chi connectivity index (χ0v) is 19.1. The predicted octanol–water partition coefficient (Wildman–Crippen LogP) is 4.70. The van der Waals surface area contributed by atoms with E-state index in [2.05, 4.69) is 14.8 Å². The van der Waals surface area contributed by atoms with Gasteiger partial charge in [0.05, 0.1) is 16.8 Å². The Labute approximate surface area is 202 Å². The second-order valence-electron chi connectivity index (χ2n) is 8.68.